The Kier molecular flexibility index (Phi) is 6.27. The molecule has 1 aliphatic heterocycles. The summed E-state index contributed by atoms with van der Waals surface area (Å²) in [5.41, 5.74) is 1.44. The van der Waals surface area contributed by atoms with E-state index in [1.807, 2.05) is 11.9 Å². The summed E-state index contributed by atoms with van der Waals surface area (Å²) in [6.45, 7) is 3.14. The van der Waals surface area contributed by atoms with Crippen molar-refractivity contribution in [3.8, 4) is 0 Å². The summed E-state index contributed by atoms with van der Waals surface area (Å²) in [5, 5.41) is 3.74. The normalized spacial score (nSPS) is 14.3. The Hall–Kier alpha value is -3.70. The first-order valence-electron chi connectivity index (χ1n) is 11.0. The number of amides is 1. The lowest BCUT2D eigenvalue weighted by atomic mass is 10.2. The van der Waals surface area contributed by atoms with Crippen LogP contribution in [0.2, 0.25) is 0 Å². The number of aromatic nitrogens is 3. The molecule has 0 unspecified atom stereocenters. The first-order chi connectivity index (χ1) is 16.9. The van der Waals surface area contributed by atoms with E-state index in [9.17, 15) is 13.6 Å². The van der Waals surface area contributed by atoms with Crippen molar-refractivity contribution in [2.45, 2.75) is 0 Å². The van der Waals surface area contributed by atoms with Gasteiger partial charge >= 0.3 is 0 Å². The summed E-state index contributed by atoms with van der Waals surface area (Å²) in [6, 6.07) is 10.5. The van der Waals surface area contributed by atoms with Gasteiger partial charge in [-0.15, -0.1) is 0 Å². The van der Waals surface area contributed by atoms with Crippen LogP contribution < -0.4 is 10.2 Å². The van der Waals surface area contributed by atoms with Gasteiger partial charge in [0.1, 0.15) is 33.6 Å². The van der Waals surface area contributed by atoms with Gasteiger partial charge in [0.2, 0.25) is 0 Å². The van der Waals surface area contributed by atoms with Crippen LogP contribution in [0, 0.1) is 11.6 Å². The van der Waals surface area contributed by atoms with E-state index in [0.29, 0.717) is 45.8 Å². The summed E-state index contributed by atoms with van der Waals surface area (Å²) < 4.78 is 27.4. The van der Waals surface area contributed by atoms with Gasteiger partial charge < -0.3 is 20.0 Å². The van der Waals surface area contributed by atoms with E-state index in [2.05, 4.69) is 25.2 Å². The van der Waals surface area contributed by atoms with Crippen molar-refractivity contribution in [3.63, 3.8) is 0 Å². The quantitative estimate of drug-likeness (QED) is 0.443. The van der Waals surface area contributed by atoms with Gasteiger partial charge in [0.15, 0.2) is 5.13 Å². The maximum absolute atomic E-state index is 14.2. The summed E-state index contributed by atoms with van der Waals surface area (Å²) in [7, 11) is 3.71. The number of nitrogens with one attached hydrogen (secondary N) is 1. The predicted molar refractivity (Wildman–Crippen MR) is 133 cm³/mol. The minimum atomic E-state index is -0.665. The number of likely N-dealkylation sites (N-methyl/N-ethyl adjacent to an activating group) is 1. The van der Waals surface area contributed by atoms with Crippen molar-refractivity contribution in [1.82, 2.24) is 24.8 Å². The molecule has 1 aromatic carbocycles. The lowest BCUT2D eigenvalue weighted by Gasteiger charge is -2.32. The van der Waals surface area contributed by atoms with Crippen molar-refractivity contribution in [3.05, 3.63) is 65.9 Å². The number of thiazole rings is 1. The zero-order valence-corrected chi connectivity index (χ0v) is 20.0. The molecule has 5 rings (SSSR count). The molecule has 0 saturated carbocycles. The third-order valence-corrected chi connectivity index (χ3v) is 6.77. The van der Waals surface area contributed by atoms with Crippen LogP contribution in [0.25, 0.3) is 10.3 Å². The third kappa shape index (κ3) is 4.91. The van der Waals surface area contributed by atoms with Crippen molar-refractivity contribution in [2.24, 2.45) is 0 Å². The van der Waals surface area contributed by atoms with Crippen LogP contribution in [0.3, 0.4) is 0 Å². The number of pyridine rings is 2. The molecule has 0 bridgehead atoms. The second kappa shape index (κ2) is 9.51. The number of anilines is 4. The number of rotatable bonds is 5. The highest BCUT2D eigenvalue weighted by atomic mass is 32.1. The van der Waals surface area contributed by atoms with Crippen LogP contribution >= 0.6 is 11.3 Å². The second-order valence-electron chi connectivity index (χ2n) is 8.32. The fourth-order valence-electron chi connectivity index (χ4n) is 3.82. The van der Waals surface area contributed by atoms with E-state index in [0.717, 1.165) is 19.2 Å². The second-order valence-corrected chi connectivity index (χ2v) is 9.30. The predicted octanol–water partition coefficient (Wildman–Crippen LogP) is 4.26. The van der Waals surface area contributed by atoms with Crippen LogP contribution in [0.1, 0.15) is 10.4 Å². The molecule has 35 heavy (non-hydrogen) atoms. The molecular weight excluding hydrogens is 472 g/mol. The maximum atomic E-state index is 14.2. The molecule has 1 aliphatic rings. The minimum absolute atomic E-state index is 0.0180. The molecule has 11 heteroatoms. The molecule has 0 spiro atoms. The third-order valence-electron chi connectivity index (χ3n) is 5.89. The van der Waals surface area contributed by atoms with E-state index in [-0.39, 0.29) is 11.6 Å². The highest BCUT2D eigenvalue weighted by Crippen LogP contribution is 2.31. The van der Waals surface area contributed by atoms with E-state index in [1.165, 1.54) is 23.5 Å². The lowest BCUT2D eigenvalue weighted by Crippen LogP contribution is -2.47. The maximum Gasteiger partial charge on any atom is 0.255 e. The van der Waals surface area contributed by atoms with Crippen molar-refractivity contribution in [1.29, 1.82) is 0 Å². The van der Waals surface area contributed by atoms with Crippen LogP contribution in [0.5, 0.6) is 0 Å². The average Bonchev–Trinajstić information content (AvgIpc) is 3.25. The first kappa shape index (κ1) is 23.1. The SMILES string of the molecule is CN1CCN(C(=O)c2ccc(Nc3nc4ccc(N(C)c5ccc(F)cc5F)nc4s3)nc2)CC1. The molecule has 4 heterocycles. The Bertz CT molecular complexity index is 1370. The molecule has 8 nitrogen and oxygen atoms in total. The van der Waals surface area contributed by atoms with E-state index < -0.39 is 11.6 Å². The Morgan fingerprint density at radius 1 is 1.06 bits per heavy atom. The van der Waals surface area contributed by atoms with Gasteiger partial charge in [-0.2, -0.15) is 0 Å². The molecule has 0 radical (unpaired) electrons. The number of carbonyl (C=O) groups excluding carboxylic acids is 1. The molecular formula is C24H23F2N7OS. The van der Waals surface area contributed by atoms with E-state index in [1.54, 1.807) is 42.4 Å². The Morgan fingerprint density at radius 2 is 1.86 bits per heavy atom. The molecule has 1 amide bonds. The molecule has 1 N–H and O–H groups in total. The van der Waals surface area contributed by atoms with Gasteiger partial charge in [-0.05, 0) is 43.4 Å². The number of benzene rings is 1. The van der Waals surface area contributed by atoms with Crippen molar-refractivity contribution in [2.75, 3.05) is 50.5 Å². The van der Waals surface area contributed by atoms with E-state index in [4.69, 9.17) is 0 Å². The van der Waals surface area contributed by atoms with Gasteiger partial charge in [0.25, 0.3) is 5.91 Å². The summed E-state index contributed by atoms with van der Waals surface area (Å²) in [6.07, 6.45) is 1.57. The zero-order valence-electron chi connectivity index (χ0n) is 19.2. The fourth-order valence-corrected chi connectivity index (χ4v) is 4.66. The summed E-state index contributed by atoms with van der Waals surface area (Å²) >= 11 is 1.33. The van der Waals surface area contributed by atoms with Crippen molar-refractivity contribution < 1.29 is 13.6 Å². The molecule has 3 aromatic heterocycles. The van der Waals surface area contributed by atoms with Gasteiger partial charge in [0.05, 0.1) is 11.3 Å². The summed E-state index contributed by atoms with van der Waals surface area (Å²) in [4.78, 5) is 32.4. The Balaban J connectivity index is 1.29. The lowest BCUT2D eigenvalue weighted by molar-refractivity contribution is 0.0663. The molecule has 0 atom stereocenters. The standard InChI is InChI=1S/C24H23F2N7OS/c1-31-9-11-33(12-10-31)23(34)15-3-7-20(27-14-15)29-24-28-18-5-8-21(30-22(18)35-24)32(2)19-6-4-16(25)13-17(19)26/h3-8,13-14H,9-12H2,1-2H3,(H,27,28,29). The van der Waals surface area contributed by atoms with Crippen LogP contribution in [0.15, 0.2) is 48.7 Å². The monoisotopic (exact) mass is 495 g/mol. The van der Waals surface area contributed by atoms with Gasteiger partial charge in [-0.3, -0.25) is 4.79 Å². The van der Waals surface area contributed by atoms with Gasteiger partial charge in [-0.1, -0.05) is 11.3 Å². The molecule has 4 aromatic rings. The molecule has 1 fully saturated rings. The number of carbonyl (C=O) groups is 1. The van der Waals surface area contributed by atoms with Crippen molar-refractivity contribution >= 4 is 50.0 Å². The highest BCUT2D eigenvalue weighted by molar-refractivity contribution is 7.21. The Labute approximate surface area is 204 Å². The summed E-state index contributed by atoms with van der Waals surface area (Å²) in [5.74, 6) is -0.253. The number of hydrogen-bond acceptors (Lipinski definition) is 8. The highest BCUT2D eigenvalue weighted by Gasteiger charge is 2.20. The van der Waals surface area contributed by atoms with Crippen LogP contribution in [-0.4, -0.2) is 70.9 Å². The first-order valence-corrected chi connectivity index (χ1v) is 11.9. The molecule has 180 valence electrons. The number of halogens is 2. The fraction of sp³-hybridized carbons (Fsp3) is 0.250. The van der Waals surface area contributed by atoms with Gasteiger partial charge in [-0.25, -0.2) is 23.7 Å². The number of hydrogen-bond donors (Lipinski definition) is 1. The smallest absolute Gasteiger partial charge is 0.255 e. The number of nitrogens with zero attached hydrogens (tertiary/aromatic N) is 6. The molecule has 1 saturated heterocycles. The topological polar surface area (TPSA) is 77.5 Å². The van der Waals surface area contributed by atoms with E-state index >= 15 is 0 Å². The minimum Gasteiger partial charge on any atom is -0.336 e. The molecule has 0 aliphatic carbocycles. The zero-order chi connectivity index (χ0) is 24.5. The Morgan fingerprint density at radius 3 is 2.57 bits per heavy atom. The van der Waals surface area contributed by atoms with Crippen LogP contribution in [-0.2, 0) is 0 Å². The van der Waals surface area contributed by atoms with Gasteiger partial charge in [0, 0.05) is 45.5 Å². The number of fused-ring (bicyclic) bond motifs is 1. The average molecular weight is 496 g/mol. The number of piperazine rings is 1. The largest absolute Gasteiger partial charge is 0.336 e. The van der Waals surface area contributed by atoms with Crippen LogP contribution in [0.4, 0.5) is 31.2 Å².